The molecule has 0 aromatic carbocycles. The second kappa shape index (κ2) is 4.71. The third kappa shape index (κ3) is 4.68. The first-order chi connectivity index (χ1) is 5.43. The van der Waals surface area contributed by atoms with Gasteiger partial charge in [-0.2, -0.15) is 0 Å². The first kappa shape index (κ1) is 10.9. The van der Waals surface area contributed by atoms with Crippen molar-refractivity contribution in [2.75, 3.05) is 0 Å². The Morgan fingerprint density at radius 3 is 2.33 bits per heavy atom. The van der Waals surface area contributed by atoms with Gasteiger partial charge in [0.15, 0.2) is 0 Å². The van der Waals surface area contributed by atoms with E-state index in [9.17, 15) is 9.59 Å². The molecule has 5 heteroatoms. The monoisotopic (exact) mass is 175 g/mol. The van der Waals surface area contributed by atoms with Gasteiger partial charge in [0, 0.05) is 0 Å². The Labute approximate surface area is 70.5 Å². The molecular formula is C7H13NO4. The lowest BCUT2D eigenvalue weighted by molar-refractivity contribution is -0.151. The third-order valence-electron chi connectivity index (χ3n) is 1.07. The van der Waals surface area contributed by atoms with Crippen LogP contribution in [0.2, 0.25) is 0 Å². The van der Waals surface area contributed by atoms with Crippen LogP contribution in [-0.2, 0) is 14.3 Å². The molecule has 0 radical (unpaired) electrons. The summed E-state index contributed by atoms with van der Waals surface area (Å²) in [6.45, 7) is 3.37. The molecule has 1 atom stereocenters. The van der Waals surface area contributed by atoms with Crippen LogP contribution in [0.25, 0.3) is 0 Å². The minimum absolute atomic E-state index is 0.238. The zero-order valence-electron chi connectivity index (χ0n) is 7.11. The summed E-state index contributed by atoms with van der Waals surface area (Å²) < 4.78 is 4.69. The van der Waals surface area contributed by atoms with Crippen LogP contribution < -0.4 is 5.73 Å². The van der Waals surface area contributed by atoms with Crippen LogP contribution in [0.3, 0.4) is 0 Å². The van der Waals surface area contributed by atoms with E-state index in [0.29, 0.717) is 0 Å². The fraction of sp³-hybridized carbons (Fsp3) is 0.714. The van der Waals surface area contributed by atoms with Crippen LogP contribution >= 0.6 is 0 Å². The maximum absolute atomic E-state index is 10.8. The number of aliphatic carboxylic acids is 1. The Balaban J connectivity index is 3.77. The van der Waals surface area contributed by atoms with Gasteiger partial charge in [0.1, 0.15) is 6.04 Å². The highest BCUT2D eigenvalue weighted by Crippen LogP contribution is 1.96. The molecule has 0 aromatic heterocycles. The van der Waals surface area contributed by atoms with E-state index in [1.807, 2.05) is 0 Å². The van der Waals surface area contributed by atoms with Crippen LogP contribution in [0.4, 0.5) is 0 Å². The van der Waals surface area contributed by atoms with Gasteiger partial charge >= 0.3 is 11.9 Å². The Hall–Kier alpha value is -1.10. The highest BCUT2D eigenvalue weighted by Gasteiger charge is 2.17. The average Bonchev–Trinajstić information content (AvgIpc) is 1.84. The number of ether oxygens (including phenoxy) is 1. The first-order valence-electron chi connectivity index (χ1n) is 3.61. The van der Waals surface area contributed by atoms with Gasteiger partial charge in [-0.1, -0.05) is 0 Å². The summed E-state index contributed by atoms with van der Waals surface area (Å²) in [6.07, 6.45) is -0.522. The maximum Gasteiger partial charge on any atom is 0.321 e. The van der Waals surface area contributed by atoms with Crippen molar-refractivity contribution in [1.82, 2.24) is 0 Å². The van der Waals surface area contributed by atoms with Crippen molar-refractivity contribution in [3.05, 3.63) is 0 Å². The van der Waals surface area contributed by atoms with Gasteiger partial charge in [-0.05, 0) is 13.8 Å². The lowest BCUT2D eigenvalue weighted by Crippen LogP contribution is -2.33. The molecule has 3 N–H and O–H groups in total. The highest BCUT2D eigenvalue weighted by atomic mass is 16.5. The quantitative estimate of drug-likeness (QED) is 0.574. The van der Waals surface area contributed by atoms with Crippen LogP contribution in [0, 0.1) is 0 Å². The van der Waals surface area contributed by atoms with Crippen LogP contribution in [-0.4, -0.2) is 29.2 Å². The third-order valence-corrected chi connectivity index (χ3v) is 1.07. The predicted octanol–water partition coefficient (Wildman–Crippen LogP) is -0.260. The number of esters is 1. The van der Waals surface area contributed by atoms with Gasteiger partial charge in [0.2, 0.25) is 0 Å². The Kier molecular flexibility index (Phi) is 4.28. The van der Waals surface area contributed by atoms with E-state index in [4.69, 9.17) is 10.8 Å². The minimum atomic E-state index is -1.20. The molecule has 0 aromatic rings. The molecule has 0 aliphatic heterocycles. The molecule has 0 bridgehead atoms. The van der Waals surface area contributed by atoms with Crippen molar-refractivity contribution < 1.29 is 19.4 Å². The van der Waals surface area contributed by atoms with Crippen molar-refractivity contribution in [2.24, 2.45) is 5.73 Å². The second-order valence-corrected chi connectivity index (χ2v) is 2.69. The molecule has 0 aliphatic carbocycles. The minimum Gasteiger partial charge on any atom is -0.480 e. The number of rotatable bonds is 4. The highest BCUT2D eigenvalue weighted by molar-refractivity contribution is 5.81. The summed E-state index contributed by atoms with van der Waals surface area (Å²) in [5, 5.41) is 8.33. The van der Waals surface area contributed by atoms with Crippen molar-refractivity contribution in [3.8, 4) is 0 Å². The van der Waals surface area contributed by atoms with E-state index < -0.39 is 18.0 Å². The fourth-order valence-corrected chi connectivity index (χ4v) is 0.578. The number of carboxylic acids is 1. The molecular weight excluding hydrogens is 162 g/mol. The Bertz CT molecular complexity index is 178. The summed E-state index contributed by atoms with van der Waals surface area (Å²) in [5.74, 6) is -1.78. The number of carbonyl (C=O) groups is 2. The van der Waals surface area contributed by atoms with Crippen LogP contribution in [0.5, 0.6) is 0 Å². The van der Waals surface area contributed by atoms with Gasteiger partial charge in [-0.15, -0.1) is 0 Å². The van der Waals surface area contributed by atoms with Crippen molar-refractivity contribution >= 4 is 11.9 Å². The first-order valence-corrected chi connectivity index (χ1v) is 3.61. The molecule has 70 valence electrons. The largest absolute Gasteiger partial charge is 0.480 e. The Morgan fingerprint density at radius 1 is 1.50 bits per heavy atom. The van der Waals surface area contributed by atoms with Gasteiger partial charge in [0.25, 0.3) is 0 Å². The number of hydrogen-bond donors (Lipinski definition) is 2. The molecule has 0 unspecified atom stereocenters. The standard InChI is InChI=1S/C7H13NO4/c1-4(2)12-6(9)3-5(8)7(10)11/h4-5H,3,8H2,1-2H3,(H,10,11)/t5-/m0/s1. The van der Waals surface area contributed by atoms with Gasteiger partial charge < -0.3 is 15.6 Å². The molecule has 0 rings (SSSR count). The normalized spacial score (nSPS) is 12.7. The molecule has 0 heterocycles. The number of carboxylic acid groups (broad SMARTS) is 1. The average molecular weight is 175 g/mol. The zero-order valence-corrected chi connectivity index (χ0v) is 7.11. The van der Waals surface area contributed by atoms with E-state index >= 15 is 0 Å². The zero-order chi connectivity index (χ0) is 9.72. The molecule has 0 saturated carbocycles. The molecule has 12 heavy (non-hydrogen) atoms. The number of hydrogen-bond acceptors (Lipinski definition) is 4. The Morgan fingerprint density at radius 2 is 2.00 bits per heavy atom. The number of nitrogens with two attached hydrogens (primary N) is 1. The molecule has 0 spiro atoms. The van der Waals surface area contributed by atoms with E-state index in [-0.39, 0.29) is 12.5 Å². The molecule has 0 fully saturated rings. The molecule has 5 nitrogen and oxygen atoms in total. The van der Waals surface area contributed by atoms with Gasteiger partial charge in [0.05, 0.1) is 12.5 Å². The second-order valence-electron chi connectivity index (χ2n) is 2.69. The summed E-state index contributed by atoms with van der Waals surface area (Å²) in [6, 6.07) is -1.17. The molecule has 0 aliphatic rings. The van der Waals surface area contributed by atoms with E-state index in [0.717, 1.165) is 0 Å². The lowest BCUT2D eigenvalue weighted by atomic mass is 10.2. The maximum atomic E-state index is 10.8. The van der Waals surface area contributed by atoms with E-state index in [1.54, 1.807) is 13.8 Å². The predicted molar refractivity (Wildman–Crippen MR) is 41.5 cm³/mol. The molecule has 0 saturated heterocycles. The van der Waals surface area contributed by atoms with E-state index in [1.165, 1.54) is 0 Å². The summed E-state index contributed by atoms with van der Waals surface area (Å²) in [5.41, 5.74) is 5.09. The summed E-state index contributed by atoms with van der Waals surface area (Å²) in [7, 11) is 0. The fourth-order valence-electron chi connectivity index (χ4n) is 0.578. The van der Waals surface area contributed by atoms with Crippen LogP contribution in [0.15, 0.2) is 0 Å². The van der Waals surface area contributed by atoms with Crippen molar-refractivity contribution in [1.29, 1.82) is 0 Å². The lowest BCUT2D eigenvalue weighted by Gasteiger charge is -2.09. The summed E-state index contributed by atoms with van der Waals surface area (Å²) in [4.78, 5) is 21.0. The van der Waals surface area contributed by atoms with Gasteiger partial charge in [-0.3, -0.25) is 9.59 Å². The van der Waals surface area contributed by atoms with Crippen molar-refractivity contribution in [3.63, 3.8) is 0 Å². The van der Waals surface area contributed by atoms with Crippen molar-refractivity contribution in [2.45, 2.75) is 32.4 Å². The van der Waals surface area contributed by atoms with Crippen LogP contribution in [0.1, 0.15) is 20.3 Å². The molecule has 0 amide bonds. The topological polar surface area (TPSA) is 89.6 Å². The van der Waals surface area contributed by atoms with E-state index in [2.05, 4.69) is 4.74 Å². The smallest absolute Gasteiger partial charge is 0.321 e. The van der Waals surface area contributed by atoms with Gasteiger partial charge in [-0.25, -0.2) is 0 Å². The summed E-state index contributed by atoms with van der Waals surface area (Å²) >= 11 is 0. The number of carbonyl (C=O) groups excluding carboxylic acids is 1. The SMILES string of the molecule is CC(C)OC(=O)C[C@H](N)C(=O)O.